The fourth-order valence-electron chi connectivity index (χ4n) is 3.02. The lowest BCUT2D eigenvalue weighted by Crippen LogP contribution is -2.16. The summed E-state index contributed by atoms with van der Waals surface area (Å²) in [6.45, 7) is 1.82. The number of hydrogen-bond acceptors (Lipinski definition) is 3. The number of para-hydroxylation sites is 1. The van der Waals surface area contributed by atoms with Gasteiger partial charge in [-0.05, 0) is 43.1 Å². The van der Waals surface area contributed by atoms with E-state index in [9.17, 15) is 4.79 Å². The Morgan fingerprint density at radius 3 is 3.00 bits per heavy atom. The minimum Gasteiger partial charge on any atom is -0.354 e. The second-order valence-electron chi connectivity index (χ2n) is 5.88. The maximum atomic E-state index is 12.6. The summed E-state index contributed by atoms with van der Waals surface area (Å²) in [6, 6.07) is 11.7. The summed E-state index contributed by atoms with van der Waals surface area (Å²) in [5.74, 6) is 0.334. The molecule has 4 rings (SSSR count). The fraction of sp³-hybridized carbons (Fsp3) is 0.222. The lowest BCUT2D eigenvalue weighted by atomic mass is 10.2. The summed E-state index contributed by atoms with van der Waals surface area (Å²) in [6.07, 6.45) is 5.55. The molecule has 0 saturated carbocycles. The smallest absolute Gasteiger partial charge is 0.274 e. The van der Waals surface area contributed by atoms with E-state index in [4.69, 9.17) is 0 Å². The maximum absolute atomic E-state index is 12.6. The van der Waals surface area contributed by atoms with Gasteiger partial charge in [0.1, 0.15) is 5.69 Å². The van der Waals surface area contributed by atoms with Crippen LogP contribution in [0.15, 0.2) is 48.8 Å². The number of aromatic amines is 1. The van der Waals surface area contributed by atoms with Crippen LogP contribution in [0.2, 0.25) is 0 Å². The first-order chi connectivity index (χ1) is 11.8. The van der Waals surface area contributed by atoms with Crippen molar-refractivity contribution in [2.75, 3.05) is 11.9 Å². The first kappa shape index (κ1) is 14.7. The SMILES string of the molecule is O=C(Nc1nccn1-c1ccccc1)c1cc2c([nH]1)CCCNC2. The van der Waals surface area contributed by atoms with Crippen LogP contribution < -0.4 is 10.6 Å². The molecule has 0 saturated heterocycles. The number of rotatable bonds is 3. The van der Waals surface area contributed by atoms with Crippen molar-refractivity contribution in [3.8, 4) is 5.69 Å². The third kappa shape index (κ3) is 2.83. The van der Waals surface area contributed by atoms with Crippen molar-refractivity contribution >= 4 is 11.9 Å². The molecule has 1 aromatic carbocycles. The molecule has 3 N–H and O–H groups in total. The topological polar surface area (TPSA) is 74.7 Å². The monoisotopic (exact) mass is 321 g/mol. The zero-order chi connectivity index (χ0) is 16.4. The Hall–Kier alpha value is -2.86. The number of nitrogens with one attached hydrogen (secondary N) is 3. The molecule has 2 aromatic heterocycles. The van der Waals surface area contributed by atoms with Crippen LogP contribution in [-0.2, 0) is 13.0 Å². The van der Waals surface area contributed by atoms with Crippen molar-refractivity contribution in [2.24, 2.45) is 0 Å². The standard InChI is InChI=1S/C18H19N5O/c24-17(16-11-13-12-19-8-4-7-15(13)21-16)22-18-20-9-10-23(18)14-5-2-1-3-6-14/h1-3,5-6,9-11,19,21H,4,7-8,12H2,(H,20,22,24). The predicted molar refractivity (Wildman–Crippen MR) is 92.3 cm³/mol. The minimum atomic E-state index is -0.175. The number of anilines is 1. The van der Waals surface area contributed by atoms with Crippen LogP contribution in [0.4, 0.5) is 5.95 Å². The van der Waals surface area contributed by atoms with Crippen LogP contribution in [0, 0.1) is 0 Å². The Morgan fingerprint density at radius 2 is 2.12 bits per heavy atom. The number of hydrogen-bond donors (Lipinski definition) is 3. The van der Waals surface area contributed by atoms with Gasteiger partial charge >= 0.3 is 0 Å². The summed E-state index contributed by atoms with van der Waals surface area (Å²) in [5.41, 5.74) is 3.85. The molecule has 6 heteroatoms. The van der Waals surface area contributed by atoms with Gasteiger partial charge in [0.15, 0.2) is 0 Å². The predicted octanol–water partition coefficient (Wildman–Crippen LogP) is 2.49. The number of imidazole rings is 1. The van der Waals surface area contributed by atoms with Gasteiger partial charge in [-0.3, -0.25) is 14.7 Å². The van der Waals surface area contributed by atoms with E-state index >= 15 is 0 Å². The van der Waals surface area contributed by atoms with E-state index in [1.54, 1.807) is 6.20 Å². The Balaban J connectivity index is 1.56. The number of carbonyl (C=O) groups excluding carboxylic acids is 1. The van der Waals surface area contributed by atoms with Crippen LogP contribution in [0.5, 0.6) is 0 Å². The Bertz CT molecular complexity index is 826. The van der Waals surface area contributed by atoms with Crippen molar-refractivity contribution in [3.05, 3.63) is 65.7 Å². The van der Waals surface area contributed by atoms with Gasteiger partial charge in [0, 0.05) is 30.3 Å². The molecule has 0 bridgehead atoms. The molecule has 0 spiro atoms. The largest absolute Gasteiger partial charge is 0.354 e. The van der Waals surface area contributed by atoms with Crippen molar-refractivity contribution in [2.45, 2.75) is 19.4 Å². The van der Waals surface area contributed by atoms with E-state index in [-0.39, 0.29) is 5.91 Å². The number of aryl methyl sites for hydroxylation is 1. The molecule has 6 nitrogen and oxygen atoms in total. The molecule has 0 unspecified atom stereocenters. The molecule has 24 heavy (non-hydrogen) atoms. The summed E-state index contributed by atoms with van der Waals surface area (Å²) in [5, 5.41) is 6.26. The number of carbonyl (C=O) groups is 1. The van der Waals surface area contributed by atoms with Crippen molar-refractivity contribution in [3.63, 3.8) is 0 Å². The fourth-order valence-corrected chi connectivity index (χ4v) is 3.02. The average Bonchev–Trinajstić information content (AvgIpc) is 3.17. The molecule has 1 aliphatic heterocycles. The molecule has 122 valence electrons. The van der Waals surface area contributed by atoms with E-state index in [1.807, 2.05) is 47.2 Å². The molecule has 1 amide bonds. The minimum absolute atomic E-state index is 0.175. The molecule has 1 aliphatic rings. The second kappa shape index (κ2) is 6.33. The van der Waals surface area contributed by atoms with Crippen LogP contribution >= 0.6 is 0 Å². The number of H-pyrrole nitrogens is 1. The lowest BCUT2D eigenvalue weighted by Gasteiger charge is -2.08. The zero-order valence-electron chi connectivity index (χ0n) is 13.2. The lowest BCUT2D eigenvalue weighted by molar-refractivity contribution is 0.102. The first-order valence-corrected chi connectivity index (χ1v) is 8.13. The van der Waals surface area contributed by atoms with Crippen molar-refractivity contribution in [1.82, 2.24) is 19.9 Å². The van der Waals surface area contributed by atoms with Gasteiger partial charge in [-0.2, -0.15) is 0 Å². The van der Waals surface area contributed by atoms with E-state index < -0.39 is 0 Å². The highest BCUT2D eigenvalue weighted by Crippen LogP contribution is 2.18. The highest BCUT2D eigenvalue weighted by atomic mass is 16.2. The van der Waals surface area contributed by atoms with Crippen LogP contribution in [-0.4, -0.2) is 27.0 Å². The van der Waals surface area contributed by atoms with E-state index in [0.717, 1.165) is 37.3 Å². The number of nitrogens with zero attached hydrogens (tertiary/aromatic N) is 2. The Kier molecular flexibility index (Phi) is 3.88. The highest BCUT2D eigenvalue weighted by molar-refractivity contribution is 6.02. The molecule has 0 radical (unpaired) electrons. The van der Waals surface area contributed by atoms with Crippen LogP contribution in [0.1, 0.15) is 28.2 Å². The van der Waals surface area contributed by atoms with Gasteiger partial charge < -0.3 is 10.3 Å². The summed E-state index contributed by atoms with van der Waals surface area (Å²) in [4.78, 5) is 20.1. The van der Waals surface area contributed by atoms with E-state index in [1.165, 1.54) is 5.56 Å². The zero-order valence-corrected chi connectivity index (χ0v) is 13.2. The number of benzene rings is 1. The second-order valence-corrected chi connectivity index (χ2v) is 5.88. The molecule has 3 aromatic rings. The Labute approximate surface area is 139 Å². The molecule has 0 aliphatic carbocycles. The van der Waals surface area contributed by atoms with E-state index in [2.05, 4.69) is 20.6 Å². The van der Waals surface area contributed by atoms with Gasteiger partial charge in [0.05, 0.1) is 0 Å². The molecular formula is C18H19N5O. The molecular weight excluding hydrogens is 302 g/mol. The van der Waals surface area contributed by atoms with E-state index in [0.29, 0.717) is 11.6 Å². The number of aromatic nitrogens is 3. The summed E-state index contributed by atoms with van der Waals surface area (Å²) < 4.78 is 1.85. The van der Waals surface area contributed by atoms with Crippen LogP contribution in [0.25, 0.3) is 5.69 Å². The quantitative estimate of drug-likeness (QED) is 0.694. The maximum Gasteiger partial charge on any atom is 0.274 e. The summed E-state index contributed by atoms with van der Waals surface area (Å²) >= 11 is 0. The average molecular weight is 321 g/mol. The summed E-state index contributed by atoms with van der Waals surface area (Å²) in [7, 11) is 0. The van der Waals surface area contributed by atoms with Gasteiger partial charge in [-0.15, -0.1) is 0 Å². The van der Waals surface area contributed by atoms with Gasteiger partial charge in [0.25, 0.3) is 5.91 Å². The third-order valence-corrected chi connectivity index (χ3v) is 4.23. The number of fused-ring (bicyclic) bond motifs is 1. The Morgan fingerprint density at radius 1 is 1.25 bits per heavy atom. The third-order valence-electron chi connectivity index (χ3n) is 4.23. The normalized spacial score (nSPS) is 14.0. The van der Waals surface area contributed by atoms with Gasteiger partial charge in [-0.25, -0.2) is 4.98 Å². The van der Waals surface area contributed by atoms with Crippen LogP contribution in [0.3, 0.4) is 0 Å². The molecule has 3 heterocycles. The van der Waals surface area contributed by atoms with Gasteiger partial charge in [-0.1, -0.05) is 18.2 Å². The molecule has 0 atom stereocenters. The van der Waals surface area contributed by atoms with Crippen molar-refractivity contribution < 1.29 is 4.79 Å². The van der Waals surface area contributed by atoms with Gasteiger partial charge in [0.2, 0.25) is 5.95 Å². The molecule has 0 fully saturated rings. The number of amides is 1. The van der Waals surface area contributed by atoms with Crippen molar-refractivity contribution in [1.29, 1.82) is 0 Å². The highest BCUT2D eigenvalue weighted by Gasteiger charge is 2.17. The first-order valence-electron chi connectivity index (χ1n) is 8.13.